The predicted molar refractivity (Wildman–Crippen MR) is 77.5 cm³/mol. The zero-order valence-electron chi connectivity index (χ0n) is 11.6. The van der Waals surface area contributed by atoms with Crippen molar-refractivity contribution < 1.29 is 13.6 Å². The first-order chi connectivity index (χ1) is 10.6. The summed E-state index contributed by atoms with van der Waals surface area (Å²) in [6, 6.07) is 8.27. The first kappa shape index (κ1) is 14.2. The molecule has 1 amide bonds. The average molecular weight is 298 g/mol. The van der Waals surface area contributed by atoms with Gasteiger partial charge in [0.15, 0.2) is 0 Å². The zero-order chi connectivity index (χ0) is 15.7. The summed E-state index contributed by atoms with van der Waals surface area (Å²) in [5.74, 6) is -1.30. The van der Waals surface area contributed by atoms with Crippen molar-refractivity contribution in [2.75, 3.05) is 5.32 Å². The van der Waals surface area contributed by atoms with E-state index in [2.05, 4.69) is 5.32 Å². The van der Waals surface area contributed by atoms with Crippen LogP contribution in [-0.2, 0) is 12.8 Å². The van der Waals surface area contributed by atoms with Crippen molar-refractivity contribution in [3.05, 3.63) is 64.2 Å². The van der Waals surface area contributed by atoms with Crippen molar-refractivity contribution in [2.24, 2.45) is 0 Å². The van der Waals surface area contributed by atoms with Crippen LogP contribution in [0.5, 0.6) is 0 Å². The van der Waals surface area contributed by atoms with Crippen LogP contribution >= 0.6 is 0 Å². The van der Waals surface area contributed by atoms with E-state index in [0.717, 1.165) is 18.1 Å². The van der Waals surface area contributed by atoms with Gasteiger partial charge in [-0.15, -0.1) is 0 Å². The molecule has 1 N–H and O–H groups in total. The van der Waals surface area contributed by atoms with Crippen molar-refractivity contribution in [2.45, 2.75) is 19.3 Å². The third-order valence-electron chi connectivity index (χ3n) is 3.82. The van der Waals surface area contributed by atoms with Gasteiger partial charge in [0.05, 0.1) is 5.56 Å². The van der Waals surface area contributed by atoms with Gasteiger partial charge in [0.2, 0.25) is 0 Å². The number of rotatable bonds is 2. The number of hydrogen-bond acceptors (Lipinski definition) is 2. The topological polar surface area (TPSA) is 52.9 Å². The van der Waals surface area contributed by atoms with Crippen molar-refractivity contribution in [1.82, 2.24) is 0 Å². The monoisotopic (exact) mass is 298 g/mol. The fourth-order valence-corrected chi connectivity index (χ4v) is 2.76. The number of hydrogen-bond donors (Lipinski definition) is 1. The first-order valence-corrected chi connectivity index (χ1v) is 6.91. The van der Waals surface area contributed by atoms with E-state index in [1.54, 1.807) is 6.07 Å². The molecular weight excluding hydrogens is 286 g/mol. The maximum absolute atomic E-state index is 13.7. The Bertz CT molecular complexity index is 809. The Morgan fingerprint density at radius 2 is 1.82 bits per heavy atom. The van der Waals surface area contributed by atoms with Crippen molar-refractivity contribution in [3.63, 3.8) is 0 Å². The third-order valence-corrected chi connectivity index (χ3v) is 3.82. The lowest BCUT2D eigenvalue weighted by Gasteiger charge is -2.10. The molecule has 0 bridgehead atoms. The summed E-state index contributed by atoms with van der Waals surface area (Å²) in [5.41, 5.74) is 1.96. The minimum absolute atomic E-state index is 0.137. The first-order valence-electron chi connectivity index (χ1n) is 6.91. The molecule has 5 heteroatoms. The molecule has 0 aromatic heterocycles. The van der Waals surface area contributed by atoms with Crippen LogP contribution in [0.25, 0.3) is 0 Å². The van der Waals surface area contributed by atoms with Gasteiger partial charge in [0.1, 0.15) is 17.7 Å². The van der Waals surface area contributed by atoms with Crippen molar-refractivity contribution >= 4 is 11.6 Å². The Morgan fingerprint density at radius 1 is 1.09 bits per heavy atom. The van der Waals surface area contributed by atoms with E-state index in [1.165, 1.54) is 24.3 Å². The Balaban J connectivity index is 1.90. The fraction of sp³-hybridized carbons (Fsp3) is 0.176. The van der Waals surface area contributed by atoms with Crippen molar-refractivity contribution in [3.8, 4) is 6.07 Å². The van der Waals surface area contributed by atoms with Gasteiger partial charge in [0.25, 0.3) is 5.91 Å². The molecule has 22 heavy (non-hydrogen) atoms. The Hall–Kier alpha value is -2.74. The highest BCUT2D eigenvalue weighted by molar-refractivity contribution is 6.05. The van der Waals surface area contributed by atoms with Gasteiger partial charge < -0.3 is 5.32 Å². The maximum atomic E-state index is 13.7. The van der Waals surface area contributed by atoms with E-state index in [4.69, 9.17) is 5.26 Å². The van der Waals surface area contributed by atoms with E-state index in [0.29, 0.717) is 29.7 Å². The van der Waals surface area contributed by atoms with Crippen LogP contribution in [0.2, 0.25) is 0 Å². The summed E-state index contributed by atoms with van der Waals surface area (Å²) in [6.07, 6.45) is 2.13. The van der Waals surface area contributed by atoms with Crippen LogP contribution in [0.1, 0.15) is 33.5 Å². The molecule has 1 aliphatic rings. The highest BCUT2D eigenvalue weighted by Crippen LogP contribution is 2.28. The molecule has 0 heterocycles. The summed E-state index contributed by atoms with van der Waals surface area (Å²) >= 11 is 0. The quantitative estimate of drug-likeness (QED) is 0.921. The van der Waals surface area contributed by atoms with Crippen LogP contribution in [0.3, 0.4) is 0 Å². The molecule has 0 radical (unpaired) electrons. The second-order valence-electron chi connectivity index (χ2n) is 5.17. The minimum atomic E-state index is -0.636. The normalized spacial score (nSPS) is 12.6. The summed E-state index contributed by atoms with van der Waals surface area (Å²) < 4.78 is 27.0. The molecular formula is C17H12F2N2O. The van der Waals surface area contributed by atoms with Crippen LogP contribution in [0.15, 0.2) is 30.3 Å². The van der Waals surface area contributed by atoms with Crippen LogP contribution in [0, 0.1) is 23.0 Å². The molecule has 0 fully saturated rings. The van der Waals surface area contributed by atoms with E-state index in [1.807, 2.05) is 0 Å². The molecule has 2 aromatic carbocycles. The highest BCUT2D eigenvalue weighted by Gasteiger charge is 2.22. The summed E-state index contributed by atoms with van der Waals surface area (Å²) in [4.78, 5) is 12.4. The smallest absolute Gasteiger partial charge is 0.255 e. The number of carbonyl (C=O) groups is 1. The lowest BCUT2D eigenvalue weighted by atomic mass is 10.0. The van der Waals surface area contributed by atoms with Gasteiger partial charge in [-0.2, -0.15) is 5.26 Å². The SMILES string of the molecule is N#Cc1cc(NC(=O)c2ccc(F)c3c2CCC3)ccc1F. The van der Waals surface area contributed by atoms with Gasteiger partial charge in [-0.1, -0.05) is 0 Å². The third kappa shape index (κ3) is 2.44. The molecule has 110 valence electrons. The molecule has 2 aromatic rings. The highest BCUT2D eigenvalue weighted by atomic mass is 19.1. The van der Waals surface area contributed by atoms with Gasteiger partial charge in [-0.3, -0.25) is 4.79 Å². The Morgan fingerprint density at radius 3 is 2.59 bits per heavy atom. The second-order valence-corrected chi connectivity index (χ2v) is 5.17. The standard InChI is InChI=1S/C17H12F2N2O/c18-15-6-4-11(8-10(15)9-20)21-17(22)14-5-7-16(19)13-3-1-2-12(13)14/h4-8H,1-3H2,(H,21,22). The lowest BCUT2D eigenvalue weighted by Crippen LogP contribution is -2.15. The van der Waals surface area contributed by atoms with E-state index >= 15 is 0 Å². The molecule has 0 saturated carbocycles. The molecule has 3 rings (SSSR count). The van der Waals surface area contributed by atoms with Gasteiger partial charge in [-0.25, -0.2) is 8.78 Å². The zero-order valence-corrected chi connectivity index (χ0v) is 11.6. The number of fused-ring (bicyclic) bond motifs is 1. The lowest BCUT2D eigenvalue weighted by molar-refractivity contribution is 0.102. The number of halogens is 2. The van der Waals surface area contributed by atoms with E-state index in [9.17, 15) is 13.6 Å². The Kier molecular flexibility index (Phi) is 3.60. The van der Waals surface area contributed by atoms with Gasteiger partial charge in [0, 0.05) is 11.3 Å². The number of nitriles is 1. The molecule has 0 atom stereocenters. The molecule has 0 unspecified atom stereocenters. The molecule has 1 aliphatic carbocycles. The number of nitrogens with zero attached hydrogens (tertiary/aromatic N) is 1. The van der Waals surface area contributed by atoms with Crippen LogP contribution in [-0.4, -0.2) is 5.91 Å². The molecule has 0 aliphatic heterocycles. The Labute approximate surface area is 126 Å². The van der Waals surface area contributed by atoms with E-state index < -0.39 is 5.82 Å². The molecule has 0 saturated heterocycles. The largest absolute Gasteiger partial charge is 0.322 e. The second kappa shape index (κ2) is 5.57. The number of nitrogens with one attached hydrogen (secondary N) is 1. The maximum Gasteiger partial charge on any atom is 0.255 e. The molecule has 0 spiro atoms. The fourth-order valence-electron chi connectivity index (χ4n) is 2.76. The van der Waals surface area contributed by atoms with E-state index in [-0.39, 0.29) is 17.3 Å². The van der Waals surface area contributed by atoms with Crippen LogP contribution in [0.4, 0.5) is 14.5 Å². The minimum Gasteiger partial charge on any atom is -0.322 e. The van der Waals surface area contributed by atoms with Crippen molar-refractivity contribution in [1.29, 1.82) is 5.26 Å². The summed E-state index contributed by atoms with van der Waals surface area (Å²) in [5, 5.41) is 11.4. The number of benzene rings is 2. The predicted octanol–water partition coefficient (Wildman–Crippen LogP) is 3.58. The number of carbonyl (C=O) groups excluding carboxylic acids is 1. The average Bonchev–Trinajstić information content (AvgIpc) is 2.99. The van der Waals surface area contributed by atoms with Crippen LogP contribution < -0.4 is 5.32 Å². The number of amides is 1. The summed E-state index contributed by atoms with van der Waals surface area (Å²) in [6.45, 7) is 0. The van der Waals surface area contributed by atoms with Gasteiger partial charge in [-0.05, 0) is 60.7 Å². The number of anilines is 1. The summed E-state index contributed by atoms with van der Waals surface area (Å²) in [7, 11) is 0. The molecule has 3 nitrogen and oxygen atoms in total. The van der Waals surface area contributed by atoms with Gasteiger partial charge >= 0.3 is 0 Å².